The van der Waals surface area contributed by atoms with E-state index in [1.807, 2.05) is 0 Å². The summed E-state index contributed by atoms with van der Waals surface area (Å²) in [5.74, 6) is -0.249. The van der Waals surface area contributed by atoms with Gasteiger partial charge in [0.05, 0.1) is 0 Å². The van der Waals surface area contributed by atoms with Gasteiger partial charge in [-0.15, -0.1) is 0 Å². The van der Waals surface area contributed by atoms with Crippen molar-refractivity contribution < 1.29 is 15.3 Å². The molecular formula is C5H8N4O4. The fraction of sp³-hybridized carbons (Fsp3) is 0.400. The zero-order valence-electron chi connectivity index (χ0n) is 6.40. The van der Waals surface area contributed by atoms with Crippen molar-refractivity contribution in [2.75, 3.05) is 5.73 Å². The Balaban J connectivity index is 3.09. The molecule has 0 aliphatic heterocycles. The summed E-state index contributed by atoms with van der Waals surface area (Å²) in [6.45, 7) is 0. The van der Waals surface area contributed by atoms with Crippen molar-refractivity contribution in [2.45, 2.75) is 12.5 Å². The summed E-state index contributed by atoms with van der Waals surface area (Å²) >= 11 is 0. The largest absolute Gasteiger partial charge is 0.368 e. The van der Waals surface area contributed by atoms with Gasteiger partial charge in [0.1, 0.15) is 6.33 Å². The molecule has 13 heavy (non-hydrogen) atoms. The number of anilines is 1. The third-order valence-corrected chi connectivity index (χ3v) is 1.30. The quantitative estimate of drug-likeness (QED) is 0.364. The van der Waals surface area contributed by atoms with E-state index in [0.29, 0.717) is 4.57 Å². The van der Waals surface area contributed by atoms with Crippen LogP contribution in [0.25, 0.3) is 0 Å². The SMILES string of the molecule is Nc1ncn([C@@H](O)C(O)O)c(=O)n1. The van der Waals surface area contributed by atoms with Gasteiger partial charge in [0.25, 0.3) is 0 Å². The normalized spacial score (nSPS) is 13.2. The Morgan fingerprint density at radius 3 is 2.54 bits per heavy atom. The summed E-state index contributed by atoms with van der Waals surface area (Å²) in [5, 5.41) is 26.1. The number of aliphatic hydroxyl groups is 3. The predicted octanol–water partition coefficient (Wildman–Crippen LogP) is -2.98. The van der Waals surface area contributed by atoms with Crippen molar-refractivity contribution in [3.05, 3.63) is 16.8 Å². The Kier molecular flexibility index (Phi) is 2.56. The first-order valence-electron chi connectivity index (χ1n) is 3.27. The van der Waals surface area contributed by atoms with Crippen LogP contribution in [0, 0.1) is 0 Å². The van der Waals surface area contributed by atoms with Crippen molar-refractivity contribution in [1.82, 2.24) is 14.5 Å². The smallest absolute Gasteiger partial charge is 0.354 e. The minimum absolute atomic E-state index is 0.249. The number of nitrogen functional groups attached to an aromatic ring is 1. The van der Waals surface area contributed by atoms with Gasteiger partial charge < -0.3 is 21.1 Å². The van der Waals surface area contributed by atoms with Gasteiger partial charge in [-0.25, -0.2) is 9.78 Å². The van der Waals surface area contributed by atoms with Crippen LogP contribution in [0.4, 0.5) is 5.95 Å². The Hall–Kier alpha value is -1.51. The monoisotopic (exact) mass is 188 g/mol. The van der Waals surface area contributed by atoms with Crippen LogP contribution < -0.4 is 11.4 Å². The molecule has 0 radical (unpaired) electrons. The molecule has 0 aromatic carbocycles. The van der Waals surface area contributed by atoms with Crippen molar-refractivity contribution in [3.63, 3.8) is 0 Å². The lowest BCUT2D eigenvalue weighted by molar-refractivity contribution is -0.153. The van der Waals surface area contributed by atoms with Gasteiger partial charge in [0, 0.05) is 0 Å². The second kappa shape index (κ2) is 3.47. The zero-order valence-corrected chi connectivity index (χ0v) is 6.40. The average Bonchev–Trinajstić information content (AvgIpc) is 2.03. The minimum atomic E-state index is -2.08. The molecule has 1 atom stereocenters. The summed E-state index contributed by atoms with van der Waals surface area (Å²) in [5.41, 5.74) is 4.15. The first-order chi connectivity index (χ1) is 6.02. The number of hydrogen-bond acceptors (Lipinski definition) is 7. The maximum Gasteiger partial charge on any atom is 0.354 e. The van der Waals surface area contributed by atoms with Gasteiger partial charge in [-0.3, -0.25) is 4.57 Å². The van der Waals surface area contributed by atoms with Gasteiger partial charge in [-0.2, -0.15) is 4.98 Å². The molecule has 1 heterocycles. The number of aliphatic hydroxyl groups excluding tert-OH is 2. The van der Waals surface area contributed by atoms with Gasteiger partial charge in [0.2, 0.25) is 5.95 Å². The number of rotatable bonds is 2. The highest BCUT2D eigenvalue weighted by Gasteiger charge is 2.16. The summed E-state index contributed by atoms with van der Waals surface area (Å²) in [4.78, 5) is 17.5. The van der Waals surface area contributed by atoms with Crippen molar-refractivity contribution in [2.24, 2.45) is 0 Å². The van der Waals surface area contributed by atoms with E-state index in [2.05, 4.69) is 9.97 Å². The number of nitrogens with two attached hydrogens (primary N) is 1. The topological polar surface area (TPSA) is 134 Å². The second-order valence-electron chi connectivity index (χ2n) is 2.23. The summed E-state index contributed by atoms with van der Waals surface area (Å²) in [7, 11) is 0. The summed E-state index contributed by atoms with van der Waals surface area (Å²) in [6, 6.07) is 0. The highest BCUT2D eigenvalue weighted by molar-refractivity contribution is 5.09. The molecule has 0 saturated heterocycles. The number of hydrogen-bond donors (Lipinski definition) is 4. The van der Waals surface area contributed by atoms with Crippen LogP contribution >= 0.6 is 0 Å². The van der Waals surface area contributed by atoms with Gasteiger partial charge in [-0.05, 0) is 0 Å². The van der Waals surface area contributed by atoms with Gasteiger partial charge in [0.15, 0.2) is 12.5 Å². The van der Waals surface area contributed by atoms with Crippen LogP contribution in [-0.4, -0.2) is 36.1 Å². The molecule has 0 aliphatic rings. The fourth-order valence-electron chi connectivity index (χ4n) is 0.680. The Labute approximate surface area is 71.9 Å². The highest BCUT2D eigenvalue weighted by atomic mass is 16.5. The standard InChI is InChI=1S/C5H8N4O4/c6-4-7-1-9(5(13)8-4)2(10)3(11)12/h1-3,10-12H,(H2,6,8,13)/t2-/m0/s1. The highest BCUT2D eigenvalue weighted by Crippen LogP contribution is 2.00. The summed E-state index contributed by atoms with van der Waals surface area (Å²) in [6.07, 6.45) is -3.01. The number of nitrogens with zero attached hydrogens (tertiary/aromatic N) is 3. The van der Waals surface area contributed by atoms with Gasteiger partial charge in [-0.1, -0.05) is 0 Å². The van der Waals surface area contributed by atoms with Crippen LogP contribution in [0.5, 0.6) is 0 Å². The molecule has 72 valence electrons. The molecule has 0 spiro atoms. The van der Waals surface area contributed by atoms with Crippen molar-refractivity contribution >= 4 is 5.95 Å². The maximum atomic E-state index is 10.9. The Morgan fingerprint density at radius 1 is 1.46 bits per heavy atom. The molecule has 1 rings (SSSR count). The molecule has 0 fully saturated rings. The first-order valence-corrected chi connectivity index (χ1v) is 3.27. The van der Waals surface area contributed by atoms with E-state index < -0.39 is 18.2 Å². The lowest BCUT2D eigenvalue weighted by atomic mass is 10.5. The van der Waals surface area contributed by atoms with E-state index in [4.69, 9.17) is 21.1 Å². The van der Waals surface area contributed by atoms with E-state index >= 15 is 0 Å². The third kappa shape index (κ3) is 1.99. The van der Waals surface area contributed by atoms with Crippen LogP contribution in [0.1, 0.15) is 6.23 Å². The third-order valence-electron chi connectivity index (χ3n) is 1.30. The first kappa shape index (κ1) is 9.58. The lowest BCUT2D eigenvalue weighted by Crippen LogP contribution is -2.34. The molecular weight excluding hydrogens is 180 g/mol. The molecule has 0 saturated carbocycles. The molecule has 1 aromatic heterocycles. The molecule has 0 amide bonds. The van der Waals surface area contributed by atoms with Crippen molar-refractivity contribution in [1.29, 1.82) is 0 Å². The van der Waals surface area contributed by atoms with Crippen molar-refractivity contribution in [3.8, 4) is 0 Å². The van der Waals surface area contributed by atoms with E-state index in [1.165, 1.54) is 0 Å². The van der Waals surface area contributed by atoms with Crippen LogP contribution in [0.15, 0.2) is 11.1 Å². The summed E-state index contributed by atoms with van der Waals surface area (Å²) < 4.78 is 0.543. The Bertz CT molecular complexity index is 349. The van der Waals surface area contributed by atoms with Crippen LogP contribution in [0.3, 0.4) is 0 Å². The van der Waals surface area contributed by atoms with E-state index in [0.717, 1.165) is 6.33 Å². The van der Waals surface area contributed by atoms with E-state index in [1.54, 1.807) is 0 Å². The lowest BCUT2D eigenvalue weighted by Gasteiger charge is -2.13. The Morgan fingerprint density at radius 2 is 2.08 bits per heavy atom. The molecule has 8 nitrogen and oxygen atoms in total. The molecule has 0 aliphatic carbocycles. The molecule has 5 N–H and O–H groups in total. The van der Waals surface area contributed by atoms with Crippen LogP contribution in [-0.2, 0) is 0 Å². The van der Waals surface area contributed by atoms with Gasteiger partial charge >= 0.3 is 5.69 Å². The molecule has 0 unspecified atom stereocenters. The molecule has 1 aromatic rings. The van der Waals surface area contributed by atoms with E-state index in [9.17, 15) is 4.79 Å². The molecule has 8 heteroatoms. The number of aromatic nitrogens is 3. The predicted molar refractivity (Wildman–Crippen MR) is 40.2 cm³/mol. The van der Waals surface area contributed by atoms with E-state index in [-0.39, 0.29) is 5.95 Å². The fourth-order valence-corrected chi connectivity index (χ4v) is 0.680. The maximum absolute atomic E-state index is 10.9. The second-order valence-corrected chi connectivity index (χ2v) is 2.23. The molecule has 0 bridgehead atoms. The van der Waals surface area contributed by atoms with Crippen LogP contribution in [0.2, 0.25) is 0 Å². The zero-order chi connectivity index (χ0) is 10.0. The minimum Gasteiger partial charge on any atom is -0.368 e. The average molecular weight is 188 g/mol.